The van der Waals surface area contributed by atoms with Gasteiger partial charge in [-0.3, -0.25) is 9.89 Å². The third-order valence-corrected chi connectivity index (χ3v) is 5.38. The molecule has 0 saturated heterocycles. The largest absolute Gasteiger partial charge is 0.419 e. The number of aromatic amines is 1. The molecule has 11 heteroatoms. The first kappa shape index (κ1) is 20.8. The molecule has 0 spiro atoms. The Morgan fingerprint density at radius 3 is 2.77 bits per heavy atom. The van der Waals surface area contributed by atoms with Crippen molar-refractivity contribution >= 4 is 34.4 Å². The zero-order valence-corrected chi connectivity index (χ0v) is 16.4. The molecule has 0 fully saturated rings. The number of anilines is 1. The van der Waals surface area contributed by atoms with Crippen molar-refractivity contribution in [1.29, 1.82) is 0 Å². The Bertz CT molecular complexity index is 1260. The molecule has 0 aliphatic rings. The molecule has 0 unspecified atom stereocenters. The summed E-state index contributed by atoms with van der Waals surface area (Å²) in [5, 5.41) is 10.6. The third-order valence-electron chi connectivity index (χ3n) is 4.31. The van der Waals surface area contributed by atoms with E-state index in [1.807, 2.05) is 6.07 Å². The van der Waals surface area contributed by atoms with Crippen LogP contribution in [0, 0.1) is 5.82 Å². The van der Waals surface area contributed by atoms with E-state index in [0.717, 1.165) is 22.0 Å². The van der Waals surface area contributed by atoms with Crippen molar-refractivity contribution in [1.82, 2.24) is 20.2 Å². The minimum atomic E-state index is -4.86. The maximum Gasteiger partial charge on any atom is 0.419 e. The zero-order valence-electron chi connectivity index (χ0n) is 15.6. The monoisotopic (exact) mass is 447 g/mol. The van der Waals surface area contributed by atoms with Gasteiger partial charge in [-0.05, 0) is 35.9 Å². The van der Waals surface area contributed by atoms with Gasteiger partial charge >= 0.3 is 6.18 Å². The summed E-state index contributed by atoms with van der Waals surface area (Å²) in [5.74, 6) is -1.51. The lowest BCUT2D eigenvalue weighted by atomic mass is 10.1. The fraction of sp³-hybridized carbons (Fsp3) is 0.100. The number of thioether (sulfide) groups is 1. The number of hydrogen-bond acceptors (Lipinski definition) is 5. The highest BCUT2D eigenvalue weighted by Crippen LogP contribution is 2.33. The highest BCUT2D eigenvalue weighted by Gasteiger charge is 2.34. The lowest BCUT2D eigenvalue weighted by Crippen LogP contribution is -2.14. The van der Waals surface area contributed by atoms with E-state index in [9.17, 15) is 22.4 Å². The number of H-pyrrole nitrogens is 1. The van der Waals surface area contributed by atoms with Crippen molar-refractivity contribution < 1.29 is 22.4 Å². The summed E-state index contributed by atoms with van der Waals surface area (Å²) in [4.78, 5) is 20.8. The molecule has 158 valence electrons. The number of hydrogen-bond donors (Lipinski definition) is 2. The molecule has 4 aromatic rings. The molecular weight excluding hydrogens is 434 g/mol. The second-order valence-electron chi connectivity index (χ2n) is 6.45. The highest BCUT2D eigenvalue weighted by molar-refractivity contribution is 7.98. The van der Waals surface area contributed by atoms with Crippen LogP contribution in [0.15, 0.2) is 60.0 Å². The number of benzene rings is 2. The molecule has 2 aromatic carbocycles. The van der Waals surface area contributed by atoms with Gasteiger partial charge in [0, 0.05) is 17.0 Å². The number of nitrogens with zero attached hydrogens (tertiary/aromatic N) is 3. The molecule has 1 amide bonds. The van der Waals surface area contributed by atoms with E-state index in [1.54, 1.807) is 18.3 Å². The first-order valence-corrected chi connectivity index (χ1v) is 9.84. The SMILES string of the molecule is O=C(Nc1ccc(F)c(C(F)(F)F)c1)c1cccc(CSc2ncnc3[nH]ncc23)c1. The van der Waals surface area contributed by atoms with E-state index in [1.165, 1.54) is 24.2 Å². The summed E-state index contributed by atoms with van der Waals surface area (Å²) in [6.45, 7) is 0. The Hall–Kier alpha value is -3.47. The number of amides is 1. The molecular formula is C20H13F4N5OS. The normalized spacial score (nSPS) is 11.6. The quantitative estimate of drug-likeness (QED) is 0.254. The Morgan fingerprint density at radius 1 is 1.13 bits per heavy atom. The molecule has 0 bridgehead atoms. The Kier molecular flexibility index (Phi) is 5.59. The molecule has 2 heterocycles. The topological polar surface area (TPSA) is 83.6 Å². The van der Waals surface area contributed by atoms with Gasteiger partial charge in [0.25, 0.3) is 5.91 Å². The predicted molar refractivity (Wildman–Crippen MR) is 107 cm³/mol. The molecule has 31 heavy (non-hydrogen) atoms. The molecule has 0 aliphatic carbocycles. The molecule has 0 radical (unpaired) electrons. The molecule has 0 atom stereocenters. The van der Waals surface area contributed by atoms with E-state index in [-0.39, 0.29) is 11.3 Å². The van der Waals surface area contributed by atoms with Gasteiger partial charge in [0.1, 0.15) is 17.2 Å². The molecule has 2 aromatic heterocycles. The average Bonchev–Trinajstić information content (AvgIpc) is 3.22. The van der Waals surface area contributed by atoms with Gasteiger partial charge < -0.3 is 5.32 Å². The second-order valence-corrected chi connectivity index (χ2v) is 7.41. The van der Waals surface area contributed by atoms with Crippen LogP contribution >= 0.6 is 11.8 Å². The minimum absolute atomic E-state index is 0.151. The maximum atomic E-state index is 13.4. The van der Waals surface area contributed by atoms with Crippen LogP contribution in [0.2, 0.25) is 0 Å². The molecule has 0 saturated carbocycles. The zero-order chi connectivity index (χ0) is 22.0. The van der Waals surface area contributed by atoms with Crippen LogP contribution in [0.25, 0.3) is 11.0 Å². The van der Waals surface area contributed by atoms with Gasteiger partial charge in [-0.15, -0.1) is 11.8 Å². The van der Waals surface area contributed by atoms with Crippen molar-refractivity contribution in [3.8, 4) is 0 Å². The summed E-state index contributed by atoms with van der Waals surface area (Å²) in [5.41, 5.74) is 0.0889. The summed E-state index contributed by atoms with van der Waals surface area (Å²) in [7, 11) is 0. The fourth-order valence-electron chi connectivity index (χ4n) is 2.84. The summed E-state index contributed by atoms with van der Waals surface area (Å²) < 4.78 is 52.1. The van der Waals surface area contributed by atoms with Crippen LogP contribution in [0.3, 0.4) is 0 Å². The van der Waals surface area contributed by atoms with Crippen LogP contribution in [0.1, 0.15) is 21.5 Å². The Labute approximate surface area is 177 Å². The summed E-state index contributed by atoms with van der Waals surface area (Å²) in [6.07, 6.45) is -1.81. The van der Waals surface area contributed by atoms with Crippen molar-refractivity contribution in [2.24, 2.45) is 0 Å². The third kappa shape index (κ3) is 4.66. The smallest absolute Gasteiger partial charge is 0.322 e. The van der Waals surface area contributed by atoms with Crippen molar-refractivity contribution in [2.45, 2.75) is 17.0 Å². The molecule has 0 aliphatic heterocycles. The maximum absolute atomic E-state index is 13.4. The standard InChI is InChI=1S/C20H13F4N5OS/c21-16-5-4-13(7-15(16)20(22,23)24)28-18(30)12-3-1-2-11(6-12)9-31-19-14-8-27-29-17(14)25-10-26-19/h1-8,10H,9H2,(H,28,30)(H,25,26,27,29). The second kappa shape index (κ2) is 8.34. The van der Waals surface area contributed by atoms with Gasteiger partial charge in [0.05, 0.1) is 17.1 Å². The van der Waals surface area contributed by atoms with E-state index >= 15 is 0 Å². The van der Waals surface area contributed by atoms with Crippen LogP contribution in [0.5, 0.6) is 0 Å². The first-order valence-electron chi connectivity index (χ1n) is 8.85. The number of alkyl halides is 3. The predicted octanol–water partition coefficient (Wildman–Crippen LogP) is 5.06. The molecule has 4 rings (SSSR count). The van der Waals surface area contributed by atoms with E-state index in [4.69, 9.17) is 0 Å². The van der Waals surface area contributed by atoms with Gasteiger partial charge in [-0.2, -0.15) is 18.3 Å². The number of rotatable bonds is 5. The number of fused-ring (bicyclic) bond motifs is 1. The highest BCUT2D eigenvalue weighted by atomic mass is 32.2. The van der Waals surface area contributed by atoms with Gasteiger partial charge in [-0.25, -0.2) is 14.4 Å². The average molecular weight is 447 g/mol. The molecule has 6 nitrogen and oxygen atoms in total. The van der Waals surface area contributed by atoms with E-state index < -0.39 is 23.5 Å². The van der Waals surface area contributed by atoms with Crippen LogP contribution in [-0.4, -0.2) is 26.1 Å². The number of halogens is 4. The van der Waals surface area contributed by atoms with Crippen molar-refractivity contribution in [3.63, 3.8) is 0 Å². The van der Waals surface area contributed by atoms with Crippen LogP contribution < -0.4 is 5.32 Å². The number of aromatic nitrogens is 4. The summed E-state index contributed by atoms with van der Waals surface area (Å²) in [6, 6.07) is 8.97. The fourth-order valence-corrected chi connectivity index (χ4v) is 3.74. The van der Waals surface area contributed by atoms with Gasteiger partial charge in [-0.1, -0.05) is 12.1 Å². The van der Waals surface area contributed by atoms with Gasteiger partial charge in [0.15, 0.2) is 5.65 Å². The number of carbonyl (C=O) groups excluding carboxylic acids is 1. The number of carbonyl (C=O) groups is 1. The van der Waals surface area contributed by atoms with Gasteiger partial charge in [0.2, 0.25) is 0 Å². The van der Waals surface area contributed by atoms with Crippen LogP contribution in [-0.2, 0) is 11.9 Å². The lowest BCUT2D eigenvalue weighted by molar-refractivity contribution is -0.139. The van der Waals surface area contributed by atoms with Crippen LogP contribution in [0.4, 0.5) is 23.2 Å². The van der Waals surface area contributed by atoms with E-state index in [2.05, 4.69) is 25.5 Å². The Balaban J connectivity index is 1.48. The van der Waals surface area contributed by atoms with E-state index in [0.29, 0.717) is 23.5 Å². The molecule has 2 N–H and O–H groups in total. The first-order chi connectivity index (χ1) is 14.8. The van der Waals surface area contributed by atoms with Crippen molar-refractivity contribution in [3.05, 3.63) is 77.5 Å². The number of nitrogens with one attached hydrogen (secondary N) is 2. The minimum Gasteiger partial charge on any atom is -0.322 e. The summed E-state index contributed by atoms with van der Waals surface area (Å²) >= 11 is 1.43. The Morgan fingerprint density at radius 2 is 1.97 bits per heavy atom. The lowest BCUT2D eigenvalue weighted by Gasteiger charge is -2.11. The van der Waals surface area contributed by atoms with Crippen molar-refractivity contribution in [2.75, 3.05) is 5.32 Å².